The Hall–Kier alpha value is -0.810. The third-order valence-electron chi connectivity index (χ3n) is 2.35. The van der Waals surface area contributed by atoms with Gasteiger partial charge in [0, 0.05) is 31.0 Å². The zero-order valence-electron chi connectivity index (χ0n) is 11.9. The molecule has 108 valence electrons. The summed E-state index contributed by atoms with van der Waals surface area (Å²) >= 11 is 0. The third kappa shape index (κ3) is 8.31. The second-order valence-electron chi connectivity index (χ2n) is 5.26. The number of halogens is 1. The van der Waals surface area contributed by atoms with E-state index in [0.717, 1.165) is 0 Å². The average Bonchev–Trinajstić information content (AvgIpc) is 2.22. The normalized spacial score (nSPS) is 12.3. The van der Waals surface area contributed by atoms with Crippen molar-refractivity contribution in [2.45, 2.75) is 27.7 Å². The Kier molecular flexibility index (Phi) is 9.94. The van der Waals surface area contributed by atoms with Crippen molar-refractivity contribution in [2.75, 3.05) is 26.7 Å². The Morgan fingerprint density at radius 3 is 2.06 bits per heavy atom. The van der Waals surface area contributed by atoms with Crippen molar-refractivity contribution in [1.29, 1.82) is 0 Å². The Morgan fingerprint density at radius 1 is 1.11 bits per heavy atom. The number of rotatable bonds is 6. The third-order valence-corrected chi connectivity index (χ3v) is 2.35. The molecule has 0 aliphatic heterocycles. The number of nitrogens with one attached hydrogen (secondary N) is 3. The van der Waals surface area contributed by atoms with Gasteiger partial charge in [0.15, 0.2) is 0 Å². The van der Waals surface area contributed by atoms with Crippen LogP contribution in [0.5, 0.6) is 0 Å². The fourth-order valence-corrected chi connectivity index (χ4v) is 1.20. The van der Waals surface area contributed by atoms with Crippen molar-refractivity contribution >= 4 is 24.2 Å². The van der Waals surface area contributed by atoms with Crippen LogP contribution >= 0.6 is 12.4 Å². The summed E-state index contributed by atoms with van der Waals surface area (Å²) in [7, 11) is 1.81. The molecule has 18 heavy (non-hydrogen) atoms. The maximum atomic E-state index is 11.5. The molecule has 0 aromatic rings. The van der Waals surface area contributed by atoms with E-state index in [1.807, 2.05) is 34.7 Å². The summed E-state index contributed by atoms with van der Waals surface area (Å²) in [5.74, 6) is -0.0577. The first-order chi connectivity index (χ1) is 7.79. The van der Waals surface area contributed by atoms with Gasteiger partial charge in [-0.05, 0) is 7.05 Å². The maximum Gasteiger partial charge on any atom is 0.225 e. The minimum Gasteiger partial charge on any atom is -0.354 e. The molecule has 0 aliphatic carbocycles. The van der Waals surface area contributed by atoms with Crippen LogP contribution in [0.4, 0.5) is 0 Å². The second-order valence-corrected chi connectivity index (χ2v) is 5.26. The van der Waals surface area contributed by atoms with Gasteiger partial charge in [-0.15, -0.1) is 12.4 Å². The topological polar surface area (TPSA) is 70.2 Å². The highest BCUT2D eigenvalue weighted by molar-refractivity contribution is 5.85. The molecule has 0 heterocycles. The summed E-state index contributed by atoms with van der Waals surface area (Å²) in [5.41, 5.74) is -0.385. The number of carbonyl (C=O) groups is 2. The molecule has 0 rings (SSSR count). The fraction of sp³-hybridized carbons (Fsp3) is 0.833. The summed E-state index contributed by atoms with van der Waals surface area (Å²) in [6, 6.07) is 0. The molecule has 2 amide bonds. The Labute approximate surface area is 116 Å². The van der Waals surface area contributed by atoms with Gasteiger partial charge in [0.1, 0.15) is 0 Å². The molecular weight excluding hydrogens is 254 g/mol. The first-order valence-electron chi connectivity index (χ1n) is 5.99. The highest BCUT2D eigenvalue weighted by atomic mass is 35.5. The van der Waals surface area contributed by atoms with Crippen molar-refractivity contribution in [3.05, 3.63) is 0 Å². The summed E-state index contributed by atoms with van der Waals surface area (Å²) in [4.78, 5) is 23.0. The van der Waals surface area contributed by atoms with Crippen LogP contribution in [0.15, 0.2) is 0 Å². The van der Waals surface area contributed by atoms with Gasteiger partial charge < -0.3 is 16.0 Å². The van der Waals surface area contributed by atoms with Crippen molar-refractivity contribution < 1.29 is 9.59 Å². The standard InChI is InChI=1S/C12H25N3O2.ClH/c1-9(8-13-5)10(16)14-6-7-15-11(17)12(2,3)4;/h9,13H,6-8H2,1-5H3,(H,14,16)(H,15,17);1H. The van der Waals surface area contributed by atoms with Crippen LogP contribution in [0.25, 0.3) is 0 Å². The van der Waals surface area contributed by atoms with E-state index in [4.69, 9.17) is 0 Å². The lowest BCUT2D eigenvalue weighted by Crippen LogP contribution is -2.41. The molecular formula is C12H26ClN3O2. The van der Waals surface area contributed by atoms with Crippen molar-refractivity contribution in [1.82, 2.24) is 16.0 Å². The molecule has 3 N–H and O–H groups in total. The van der Waals surface area contributed by atoms with E-state index < -0.39 is 0 Å². The zero-order chi connectivity index (χ0) is 13.5. The molecule has 0 saturated heterocycles. The molecule has 0 aromatic carbocycles. The number of carbonyl (C=O) groups excluding carboxylic acids is 2. The quantitative estimate of drug-likeness (QED) is 0.622. The van der Waals surface area contributed by atoms with E-state index in [1.165, 1.54) is 0 Å². The van der Waals surface area contributed by atoms with Crippen LogP contribution in [0.3, 0.4) is 0 Å². The van der Waals surface area contributed by atoms with E-state index in [0.29, 0.717) is 19.6 Å². The lowest BCUT2D eigenvalue weighted by molar-refractivity contribution is -0.129. The lowest BCUT2D eigenvalue weighted by atomic mass is 9.96. The Balaban J connectivity index is 0. The SMILES string of the molecule is CNCC(C)C(=O)NCCNC(=O)C(C)(C)C.Cl. The van der Waals surface area contributed by atoms with Crippen LogP contribution in [0.1, 0.15) is 27.7 Å². The van der Waals surface area contributed by atoms with Crippen LogP contribution in [-0.2, 0) is 9.59 Å². The Morgan fingerprint density at radius 2 is 1.61 bits per heavy atom. The van der Waals surface area contributed by atoms with Gasteiger partial charge in [0.05, 0.1) is 0 Å². The maximum absolute atomic E-state index is 11.5. The minimum absolute atomic E-state index is 0. The monoisotopic (exact) mass is 279 g/mol. The summed E-state index contributed by atoms with van der Waals surface area (Å²) in [6.07, 6.45) is 0. The van der Waals surface area contributed by atoms with Crippen LogP contribution in [0.2, 0.25) is 0 Å². The summed E-state index contributed by atoms with van der Waals surface area (Å²) in [6.45, 7) is 9.02. The van der Waals surface area contributed by atoms with Crippen LogP contribution in [-0.4, -0.2) is 38.5 Å². The van der Waals surface area contributed by atoms with Crippen LogP contribution in [0, 0.1) is 11.3 Å². The fourth-order valence-electron chi connectivity index (χ4n) is 1.20. The molecule has 0 spiro atoms. The van der Waals surface area contributed by atoms with E-state index in [1.54, 1.807) is 0 Å². The predicted molar refractivity (Wildman–Crippen MR) is 75.8 cm³/mol. The lowest BCUT2D eigenvalue weighted by Gasteiger charge is -2.18. The molecule has 0 bridgehead atoms. The largest absolute Gasteiger partial charge is 0.354 e. The van der Waals surface area contributed by atoms with Crippen molar-refractivity contribution in [3.63, 3.8) is 0 Å². The van der Waals surface area contributed by atoms with E-state index >= 15 is 0 Å². The van der Waals surface area contributed by atoms with Crippen LogP contribution < -0.4 is 16.0 Å². The Bertz CT molecular complexity index is 265. The van der Waals surface area contributed by atoms with Gasteiger partial charge in [-0.3, -0.25) is 9.59 Å². The molecule has 1 atom stereocenters. The summed E-state index contributed by atoms with van der Waals surface area (Å²) < 4.78 is 0. The smallest absolute Gasteiger partial charge is 0.225 e. The van der Waals surface area contributed by atoms with Gasteiger partial charge in [-0.25, -0.2) is 0 Å². The highest BCUT2D eigenvalue weighted by Crippen LogP contribution is 2.11. The predicted octanol–water partition coefficient (Wildman–Crippen LogP) is 0.542. The van der Waals surface area contributed by atoms with E-state index in [2.05, 4.69) is 16.0 Å². The molecule has 0 saturated carbocycles. The van der Waals surface area contributed by atoms with Crippen molar-refractivity contribution in [2.24, 2.45) is 11.3 Å². The average molecular weight is 280 g/mol. The molecule has 1 unspecified atom stereocenters. The molecule has 6 heteroatoms. The van der Waals surface area contributed by atoms with E-state index in [-0.39, 0.29) is 35.6 Å². The van der Waals surface area contributed by atoms with E-state index in [9.17, 15) is 9.59 Å². The molecule has 0 fully saturated rings. The molecule has 0 aromatic heterocycles. The zero-order valence-corrected chi connectivity index (χ0v) is 12.7. The molecule has 0 aliphatic rings. The van der Waals surface area contributed by atoms with Gasteiger partial charge in [-0.1, -0.05) is 27.7 Å². The molecule has 5 nitrogen and oxygen atoms in total. The minimum atomic E-state index is -0.385. The van der Waals surface area contributed by atoms with Gasteiger partial charge in [-0.2, -0.15) is 0 Å². The van der Waals surface area contributed by atoms with Gasteiger partial charge in [0.25, 0.3) is 0 Å². The van der Waals surface area contributed by atoms with Crippen molar-refractivity contribution in [3.8, 4) is 0 Å². The number of hydrogen-bond donors (Lipinski definition) is 3. The highest BCUT2D eigenvalue weighted by Gasteiger charge is 2.20. The summed E-state index contributed by atoms with van der Waals surface area (Å²) in [5, 5.41) is 8.51. The number of hydrogen-bond acceptors (Lipinski definition) is 3. The van der Waals surface area contributed by atoms with Gasteiger partial charge in [0.2, 0.25) is 11.8 Å². The second kappa shape index (κ2) is 9.16. The van der Waals surface area contributed by atoms with Gasteiger partial charge >= 0.3 is 0 Å². The first kappa shape index (κ1) is 19.5. The first-order valence-corrected chi connectivity index (χ1v) is 5.99. The molecule has 0 radical (unpaired) electrons. The number of amides is 2.